The summed E-state index contributed by atoms with van der Waals surface area (Å²) in [5, 5.41) is 11.3. The van der Waals surface area contributed by atoms with Crippen LogP contribution in [0.3, 0.4) is 0 Å². The molecule has 0 aliphatic carbocycles. The monoisotopic (exact) mass is 345 g/mol. The lowest BCUT2D eigenvalue weighted by Gasteiger charge is -2.21. The molecule has 0 atom stereocenters. The van der Waals surface area contributed by atoms with Crippen LogP contribution in [0, 0.1) is 5.41 Å². The van der Waals surface area contributed by atoms with E-state index in [4.69, 9.17) is 14.6 Å². The van der Waals surface area contributed by atoms with Crippen molar-refractivity contribution >= 4 is 28.5 Å². The van der Waals surface area contributed by atoms with Crippen LogP contribution < -0.4 is 15.8 Å². The van der Waals surface area contributed by atoms with E-state index in [2.05, 4.69) is 24.1 Å². The molecule has 7 heteroatoms. The Kier molecular flexibility index (Phi) is 6.16. The summed E-state index contributed by atoms with van der Waals surface area (Å²) in [6.45, 7) is 7.46. The van der Waals surface area contributed by atoms with Crippen LogP contribution in [0.1, 0.15) is 31.1 Å². The molecule has 0 aliphatic rings. The minimum atomic E-state index is -0.435. The van der Waals surface area contributed by atoms with E-state index in [1.807, 2.05) is 18.2 Å². The molecular weight excluding hydrogens is 322 g/mol. The van der Waals surface area contributed by atoms with Gasteiger partial charge in [0.2, 0.25) is 5.55 Å². The molecule has 0 saturated heterocycles. The van der Waals surface area contributed by atoms with Gasteiger partial charge in [-0.1, -0.05) is 0 Å². The fraction of sp³-hybridized carbons (Fsp3) is 0.389. The zero-order valence-corrected chi connectivity index (χ0v) is 14.7. The molecule has 2 rings (SSSR count). The average Bonchev–Trinajstić information content (AvgIpc) is 2.58. The highest BCUT2D eigenvalue weighted by Gasteiger charge is 2.12. The van der Waals surface area contributed by atoms with Crippen molar-refractivity contribution in [2.24, 2.45) is 0 Å². The first kappa shape index (κ1) is 18.5. The maximum atomic E-state index is 12.2. The zero-order chi connectivity index (χ0) is 18.4. The number of nitrogens with one attached hydrogen (secondary N) is 2. The number of rotatable bonds is 7. The van der Waals surface area contributed by atoms with E-state index in [9.17, 15) is 9.59 Å². The normalized spacial score (nSPS) is 10.5. The topological polar surface area (TPSA) is 95.6 Å². The predicted molar refractivity (Wildman–Crippen MR) is 94.6 cm³/mol. The van der Waals surface area contributed by atoms with Crippen LogP contribution >= 0.6 is 0 Å². The van der Waals surface area contributed by atoms with Crippen molar-refractivity contribution < 1.29 is 18.7 Å². The van der Waals surface area contributed by atoms with E-state index in [0.29, 0.717) is 5.58 Å². The van der Waals surface area contributed by atoms with Crippen molar-refractivity contribution in [3.8, 4) is 0 Å². The molecule has 25 heavy (non-hydrogen) atoms. The van der Waals surface area contributed by atoms with Crippen molar-refractivity contribution in [1.29, 1.82) is 5.41 Å². The summed E-state index contributed by atoms with van der Waals surface area (Å²) >= 11 is 0. The summed E-state index contributed by atoms with van der Waals surface area (Å²) in [4.78, 5) is 25.1. The van der Waals surface area contributed by atoms with E-state index in [-0.39, 0.29) is 24.3 Å². The van der Waals surface area contributed by atoms with Gasteiger partial charge in [0, 0.05) is 37.2 Å². The number of nitrogens with zero attached hydrogens (tertiary/aromatic N) is 1. The maximum Gasteiger partial charge on any atom is 0.302 e. The number of carbonyl (C=O) groups excluding carboxylic acids is 2. The van der Waals surface area contributed by atoms with Crippen LogP contribution in [0.2, 0.25) is 0 Å². The molecule has 0 aliphatic heterocycles. The Morgan fingerprint density at radius 2 is 1.96 bits per heavy atom. The summed E-state index contributed by atoms with van der Waals surface area (Å²) < 4.78 is 10.3. The van der Waals surface area contributed by atoms with Gasteiger partial charge in [-0.05, 0) is 32.0 Å². The van der Waals surface area contributed by atoms with E-state index in [1.54, 1.807) is 6.07 Å². The fourth-order valence-electron chi connectivity index (χ4n) is 2.53. The van der Waals surface area contributed by atoms with Gasteiger partial charge in [-0.3, -0.25) is 15.0 Å². The highest BCUT2D eigenvalue weighted by molar-refractivity contribution is 5.96. The van der Waals surface area contributed by atoms with Crippen molar-refractivity contribution in [2.75, 3.05) is 31.1 Å². The molecule has 1 aromatic carbocycles. The molecule has 0 radical (unpaired) electrons. The molecule has 2 aromatic rings. The molecule has 1 heterocycles. The number of fused-ring (bicyclic) bond motifs is 1. The van der Waals surface area contributed by atoms with Crippen molar-refractivity contribution in [3.05, 3.63) is 35.4 Å². The van der Waals surface area contributed by atoms with Gasteiger partial charge >= 0.3 is 5.97 Å². The number of benzene rings is 1. The third-order valence-electron chi connectivity index (χ3n) is 3.82. The van der Waals surface area contributed by atoms with Crippen molar-refractivity contribution in [2.45, 2.75) is 20.8 Å². The Labute approximate surface area is 146 Å². The number of anilines is 1. The second-order valence-corrected chi connectivity index (χ2v) is 5.48. The van der Waals surface area contributed by atoms with E-state index in [0.717, 1.165) is 24.2 Å². The van der Waals surface area contributed by atoms with Crippen LogP contribution in [0.15, 0.2) is 28.7 Å². The van der Waals surface area contributed by atoms with Gasteiger partial charge < -0.3 is 19.4 Å². The van der Waals surface area contributed by atoms with E-state index >= 15 is 0 Å². The van der Waals surface area contributed by atoms with Gasteiger partial charge in [0.1, 0.15) is 17.8 Å². The number of esters is 1. The molecular formula is C18H23N3O4. The lowest BCUT2D eigenvalue weighted by atomic mass is 10.1. The molecule has 0 spiro atoms. The Bertz CT molecular complexity index is 825. The number of carbonyl (C=O) groups is 2. The number of amides is 1. The highest BCUT2D eigenvalue weighted by atomic mass is 16.5. The van der Waals surface area contributed by atoms with Crippen LogP contribution in [0.25, 0.3) is 11.0 Å². The molecule has 0 unspecified atom stereocenters. The van der Waals surface area contributed by atoms with Crippen molar-refractivity contribution in [3.63, 3.8) is 0 Å². The minimum Gasteiger partial charge on any atom is -0.464 e. The molecule has 0 fully saturated rings. The lowest BCUT2D eigenvalue weighted by Crippen LogP contribution is -2.31. The Morgan fingerprint density at radius 3 is 2.60 bits per heavy atom. The molecule has 0 bridgehead atoms. The summed E-state index contributed by atoms with van der Waals surface area (Å²) in [5.74, 6) is -0.837. The van der Waals surface area contributed by atoms with Gasteiger partial charge in [0.25, 0.3) is 5.91 Å². The zero-order valence-electron chi connectivity index (χ0n) is 14.7. The second-order valence-electron chi connectivity index (χ2n) is 5.48. The van der Waals surface area contributed by atoms with Gasteiger partial charge in [0.05, 0.1) is 6.54 Å². The van der Waals surface area contributed by atoms with Gasteiger partial charge in [-0.25, -0.2) is 0 Å². The van der Waals surface area contributed by atoms with Gasteiger partial charge in [0.15, 0.2) is 0 Å². The van der Waals surface area contributed by atoms with Crippen LogP contribution in [-0.4, -0.2) is 38.1 Å². The Hall–Kier alpha value is -2.83. The lowest BCUT2D eigenvalue weighted by molar-refractivity contribution is -0.140. The third-order valence-corrected chi connectivity index (χ3v) is 3.82. The molecule has 1 aromatic heterocycles. The summed E-state index contributed by atoms with van der Waals surface area (Å²) in [7, 11) is 0. The smallest absolute Gasteiger partial charge is 0.302 e. The van der Waals surface area contributed by atoms with Crippen molar-refractivity contribution in [1.82, 2.24) is 5.32 Å². The quantitative estimate of drug-likeness (QED) is 0.591. The first-order chi connectivity index (χ1) is 12.0. The van der Waals surface area contributed by atoms with Crippen LogP contribution in [0.5, 0.6) is 0 Å². The molecule has 1 amide bonds. The minimum absolute atomic E-state index is 0.0896. The third kappa shape index (κ3) is 4.59. The van der Waals surface area contributed by atoms with Gasteiger partial charge in [-0.15, -0.1) is 0 Å². The predicted octanol–water partition coefficient (Wildman–Crippen LogP) is 2.05. The summed E-state index contributed by atoms with van der Waals surface area (Å²) in [6.07, 6.45) is 0. The molecule has 0 saturated carbocycles. The van der Waals surface area contributed by atoms with E-state index in [1.165, 1.54) is 6.92 Å². The SMILES string of the molecule is CCN(CC)c1ccc2cc(C(=O)NCCOC(C)=O)c(=N)oc2c1. The summed E-state index contributed by atoms with van der Waals surface area (Å²) in [6, 6.07) is 7.36. The largest absolute Gasteiger partial charge is 0.464 e. The molecule has 2 N–H and O–H groups in total. The maximum absolute atomic E-state index is 12.2. The number of hydrogen-bond acceptors (Lipinski definition) is 6. The molecule has 7 nitrogen and oxygen atoms in total. The van der Waals surface area contributed by atoms with Gasteiger partial charge in [-0.2, -0.15) is 0 Å². The average molecular weight is 345 g/mol. The van der Waals surface area contributed by atoms with E-state index < -0.39 is 11.9 Å². The fourth-order valence-corrected chi connectivity index (χ4v) is 2.53. The highest BCUT2D eigenvalue weighted by Crippen LogP contribution is 2.21. The number of ether oxygens (including phenoxy) is 1. The number of hydrogen-bond donors (Lipinski definition) is 2. The van der Waals surface area contributed by atoms with Crippen LogP contribution in [0.4, 0.5) is 5.69 Å². The second kappa shape index (κ2) is 8.32. The summed E-state index contributed by atoms with van der Waals surface area (Å²) in [5.41, 5.74) is 1.52. The molecule has 134 valence electrons. The first-order valence-electron chi connectivity index (χ1n) is 8.25. The Morgan fingerprint density at radius 1 is 1.24 bits per heavy atom. The Balaban J connectivity index is 2.21. The standard InChI is InChI=1S/C18H23N3O4/c1-4-21(5-2)14-7-6-13-10-15(17(19)25-16(13)11-14)18(23)20-8-9-24-12(3)22/h6-7,10-11,19H,4-5,8-9H2,1-3H3,(H,20,23). The van der Waals surface area contributed by atoms with Crippen LogP contribution in [-0.2, 0) is 9.53 Å². The first-order valence-corrected chi connectivity index (χ1v) is 8.25.